The van der Waals surface area contributed by atoms with Crippen LogP contribution in [0.4, 0.5) is 0 Å². The van der Waals surface area contributed by atoms with E-state index in [0.717, 1.165) is 31.6 Å². The van der Waals surface area contributed by atoms with Crippen LogP contribution < -0.4 is 5.32 Å². The molecule has 1 saturated heterocycles. The maximum atomic E-state index is 12.9. The van der Waals surface area contributed by atoms with Gasteiger partial charge in [0, 0.05) is 19.6 Å². The molecule has 1 aromatic carbocycles. The van der Waals surface area contributed by atoms with Gasteiger partial charge in [0.15, 0.2) is 0 Å². The quantitative estimate of drug-likeness (QED) is 0.772. The van der Waals surface area contributed by atoms with Crippen LogP contribution in [-0.2, 0) is 14.8 Å². The van der Waals surface area contributed by atoms with Crippen LogP contribution in [-0.4, -0.2) is 38.3 Å². The normalized spacial score (nSPS) is 20.7. The third-order valence-electron chi connectivity index (χ3n) is 5.70. The van der Waals surface area contributed by atoms with Gasteiger partial charge in [-0.05, 0) is 37.3 Å². The number of nitrogens with one attached hydrogen (secondary N) is 1. The first-order valence-electron chi connectivity index (χ1n) is 10.1. The van der Waals surface area contributed by atoms with Gasteiger partial charge < -0.3 is 5.32 Å². The molecule has 1 aliphatic heterocycles. The van der Waals surface area contributed by atoms with Crippen LogP contribution in [0.1, 0.15) is 56.9 Å². The van der Waals surface area contributed by atoms with Gasteiger partial charge in [0.2, 0.25) is 15.9 Å². The van der Waals surface area contributed by atoms with E-state index >= 15 is 0 Å². The summed E-state index contributed by atoms with van der Waals surface area (Å²) in [5.74, 6) is 1.13. The number of nitrogens with zero attached hydrogens (tertiary/aromatic N) is 2. The molecule has 0 aromatic heterocycles. The van der Waals surface area contributed by atoms with Crippen molar-refractivity contribution >= 4 is 15.9 Å². The molecule has 2 aliphatic rings. The summed E-state index contributed by atoms with van der Waals surface area (Å²) in [6, 6.07) is 8.25. The van der Waals surface area contributed by atoms with Crippen molar-refractivity contribution in [1.82, 2.24) is 9.62 Å². The van der Waals surface area contributed by atoms with Gasteiger partial charge in [0.05, 0.1) is 16.4 Å². The molecule has 6 nitrogen and oxygen atoms in total. The van der Waals surface area contributed by atoms with E-state index in [4.69, 9.17) is 0 Å². The van der Waals surface area contributed by atoms with E-state index in [2.05, 4.69) is 5.32 Å². The molecule has 163 valence electrons. The maximum Gasteiger partial charge on any atom is 0.244 e. The summed E-state index contributed by atoms with van der Waals surface area (Å²) >= 11 is 0. The number of hydrogen-bond donors (Lipinski definition) is 1. The lowest BCUT2D eigenvalue weighted by atomic mass is 9.90. The van der Waals surface area contributed by atoms with E-state index in [0.29, 0.717) is 26.1 Å². The van der Waals surface area contributed by atoms with Gasteiger partial charge in [-0.25, -0.2) is 8.42 Å². The topological polar surface area (TPSA) is 90.3 Å². The summed E-state index contributed by atoms with van der Waals surface area (Å²) in [4.78, 5) is 12.5. The number of sulfonamides is 1. The fraction of sp³-hybridized carbons (Fsp3) is 0.522. The Labute approximate surface area is 182 Å². The third-order valence-corrected chi connectivity index (χ3v) is 7.63. The monoisotopic (exact) mass is 430 g/mol. The summed E-state index contributed by atoms with van der Waals surface area (Å²) in [6.07, 6.45) is 8.27. The molecule has 7 heteroatoms. The molecule has 3 rings (SSSR count). The van der Waals surface area contributed by atoms with Crippen molar-refractivity contribution in [1.29, 1.82) is 5.26 Å². The molecular weight excluding hydrogens is 398 g/mol. The molecule has 1 aromatic rings. The molecular formula is C23H32N3O3S. The van der Waals surface area contributed by atoms with E-state index in [-0.39, 0.29) is 37.1 Å². The van der Waals surface area contributed by atoms with Crippen molar-refractivity contribution in [3.05, 3.63) is 50.6 Å². The Kier molecular flexibility index (Phi) is 10.5. The number of carbonyl (C=O) groups excluding carboxylic acids is 1. The lowest BCUT2D eigenvalue weighted by Crippen LogP contribution is -2.35. The Morgan fingerprint density at radius 1 is 1.10 bits per heavy atom. The lowest BCUT2D eigenvalue weighted by Gasteiger charge is -2.20. The maximum absolute atomic E-state index is 12.9. The van der Waals surface area contributed by atoms with E-state index in [1.54, 1.807) is 12.1 Å². The van der Waals surface area contributed by atoms with Crippen LogP contribution in [0.25, 0.3) is 0 Å². The van der Waals surface area contributed by atoms with Gasteiger partial charge in [0.25, 0.3) is 0 Å². The predicted octanol–water partition coefficient (Wildman–Crippen LogP) is 3.66. The number of hydrogen-bond acceptors (Lipinski definition) is 4. The van der Waals surface area contributed by atoms with Crippen molar-refractivity contribution in [2.24, 2.45) is 5.92 Å². The Bertz CT molecular complexity index is 824. The molecule has 1 N–H and O–H groups in total. The summed E-state index contributed by atoms with van der Waals surface area (Å²) in [7, 11) is -3.69. The average Bonchev–Trinajstić information content (AvgIpc) is 3.16. The van der Waals surface area contributed by atoms with Gasteiger partial charge in [-0.3, -0.25) is 4.79 Å². The minimum atomic E-state index is -3.69. The Hall–Kier alpha value is -1.91. The summed E-state index contributed by atoms with van der Waals surface area (Å²) in [6.45, 7) is 1.28. The molecule has 0 bridgehead atoms. The predicted molar refractivity (Wildman–Crippen MR) is 117 cm³/mol. The molecule has 1 amide bonds. The zero-order valence-electron chi connectivity index (χ0n) is 17.6. The number of amides is 1. The fourth-order valence-electron chi connectivity index (χ4n) is 4.03. The van der Waals surface area contributed by atoms with Gasteiger partial charge in [-0.2, -0.15) is 9.57 Å². The van der Waals surface area contributed by atoms with Crippen LogP contribution >= 0.6 is 0 Å². The molecule has 1 saturated carbocycles. The van der Waals surface area contributed by atoms with Crippen LogP contribution in [0, 0.1) is 38.0 Å². The highest BCUT2D eigenvalue weighted by atomic mass is 32.2. The molecule has 0 spiro atoms. The van der Waals surface area contributed by atoms with E-state index < -0.39 is 10.0 Å². The van der Waals surface area contributed by atoms with Crippen molar-refractivity contribution in [3.8, 4) is 6.07 Å². The highest BCUT2D eigenvalue weighted by Gasteiger charge is 2.34. The summed E-state index contributed by atoms with van der Waals surface area (Å²) < 4.78 is 27.2. The van der Waals surface area contributed by atoms with E-state index in [9.17, 15) is 18.5 Å². The SMILES string of the molecule is N#Cc1ccccc1S(=O)(=O)N1CCC(CNC(=O)[C]2CCCCCCC2)C1.[CH2].[CH2]. The second kappa shape index (κ2) is 12.1. The zero-order valence-corrected chi connectivity index (χ0v) is 18.4. The minimum Gasteiger partial charge on any atom is -0.355 e. The van der Waals surface area contributed by atoms with Gasteiger partial charge in [-0.15, -0.1) is 0 Å². The molecule has 1 heterocycles. The molecule has 1 unspecified atom stereocenters. The number of rotatable bonds is 5. The zero-order chi connectivity index (χ0) is 20.0. The van der Waals surface area contributed by atoms with Crippen molar-refractivity contribution in [2.75, 3.05) is 19.6 Å². The third kappa shape index (κ3) is 6.29. The van der Waals surface area contributed by atoms with Crippen molar-refractivity contribution in [3.63, 3.8) is 0 Å². The minimum absolute atomic E-state index is 0. The average molecular weight is 431 g/mol. The highest BCUT2D eigenvalue weighted by molar-refractivity contribution is 7.89. The van der Waals surface area contributed by atoms with Crippen molar-refractivity contribution < 1.29 is 13.2 Å². The highest BCUT2D eigenvalue weighted by Crippen LogP contribution is 2.27. The van der Waals surface area contributed by atoms with Gasteiger partial charge >= 0.3 is 0 Å². The Morgan fingerprint density at radius 3 is 2.40 bits per heavy atom. The van der Waals surface area contributed by atoms with E-state index in [1.807, 2.05) is 6.07 Å². The molecule has 2 fully saturated rings. The fourth-order valence-corrected chi connectivity index (χ4v) is 5.70. The number of nitriles is 1. The van der Waals surface area contributed by atoms with Crippen LogP contribution in [0.2, 0.25) is 0 Å². The summed E-state index contributed by atoms with van der Waals surface area (Å²) in [5.41, 5.74) is 0.167. The first kappa shape index (κ1) is 26.1. The smallest absolute Gasteiger partial charge is 0.244 e. The van der Waals surface area contributed by atoms with Crippen LogP contribution in [0.3, 0.4) is 0 Å². The number of carbonyl (C=O) groups is 1. The lowest BCUT2D eigenvalue weighted by molar-refractivity contribution is -0.120. The van der Waals surface area contributed by atoms with Gasteiger partial charge in [-0.1, -0.05) is 59.1 Å². The number of benzene rings is 1. The van der Waals surface area contributed by atoms with Crippen LogP contribution in [0.15, 0.2) is 29.2 Å². The first-order valence-corrected chi connectivity index (χ1v) is 11.6. The van der Waals surface area contributed by atoms with Crippen molar-refractivity contribution in [2.45, 2.75) is 56.3 Å². The molecule has 1 aliphatic carbocycles. The van der Waals surface area contributed by atoms with E-state index in [1.165, 1.54) is 35.7 Å². The largest absolute Gasteiger partial charge is 0.355 e. The first-order chi connectivity index (χ1) is 13.5. The van der Waals surface area contributed by atoms with Gasteiger partial charge in [0.1, 0.15) is 6.07 Å². The second-order valence-corrected chi connectivity index (χ2v) is 9.61. The molecule has 5 radical (unpaired) electrons. The summed E-state index contributed by atoms with van der Waals surface area (Å²) in [5, 5.41) is 12.2. The molecule has 30 heavy (non-hydrogen) atoms. The molecule has 1 atom stereocenters. The Morgan fingerprint density at radius 2 is 1.73 bits per heavy atom. The van der Waals surface area contributed by atoms with Crippen LogP contribution in [0.5, 0.6) is 0 Å². The standard InChI is InChI=1S/C21H28N3O3S.2CH2/c22-14-19-10-6-7-11-20(19)28(26,27)24-13-12-17(16-24)15-23-21(25)18-8-4-2-1-3-5-9-18;;/h6-7,10-11,17H,1-5,8-9,12-13,15-16H2,(H,23,25);2*1H2. The second-order valence-electron chi connectivity index (χ2n) is 7.71. The Balaban J connectivity index is 0.00000225.